The molecule has 0 atom stereocenters. The molecule has 1 heterocycles. The van der Waals surface area contributed by atoms with Gasteiger partial charge in [0.25, 0.3) is 0 Å². The Balaban J connectivity index is 2.15. The fraction of sp³-hybridized carbons (Fsp3) is 0.286. The summed E-state index contributed by atoms with van der Waals surface area (Å²) in [4.78, 5) is 4.89. The maximum absolute atomic E-state index is 6.23. The maximum atomic E-state index is 6.23. The number of halogens is 1. The number of hydrogen-bond donors (Lipinski definition) is 0. The van der Waals surface area contributed by atoms with Gasteiger partial charge in [-0.2, -0.15) is 0 Å². The van der Waals surface area contributed by atoms with Crippen LogP contribution in [0.5, 0.6) is 0 Å². The monoisotopic (exact) mass is 323 g/mol. The van der Waals surface area contributed by atoms with Crippen molar-refractivity contribution in [2.45, 2.75) is 40.0 Å². The molecule has 0 radical (unpaired) electrons. The van der Waals surface area contributed by atoms with Crippen molar-refractivity contribution in [3.05, 3.63) is 70.0 Å². The fourth-order valence-corrected chi connectivity index (χ4v) is 3.54. The van der Waals surface area contributed by atoms with Crippen molar-refractivity contribution in [1.82, 2.24) is 4.98 Å². The van der Waals surface area contributed by atoms with E-state index in [0.717, 1.165) is 34.8 Å². The first-order valence-corrected chi connectivity index (χ1v) is 8.47. The topological polar surface area (TPSA) is 12.9 Å². The second-order valence-electron chi connectivity index (χ2n) is 6.41. The van der Waals surface area contributed by atoms with Crippen molar-refractivity contribution in [3.8, 4) is 0 Å². The van der Waals surface area contributed by atoms with Crippen molar-refractivity contribution in [2.24, 2.45) is 0 Å². The largest absolute Gasteiger partial charge is 0.248 e. The summed E-state index contributed by atoms with van der Waals surface area (Å²) in [7, 11) is 0. The molecule has 2 heteroatoms. The maximum Gasteiger partial charge on any atom is 0.0689 e. The number of rotatable bonds is 3. The van der Waals surface area contributed by atoms with Crippen LogP contribution in [0.3, 0.4) is 0 Å². The molecular weight excluding hydrogens is 302 g/mol. The van der Waals surface area contributed by atoms with Gasteiger partial charge in [-0.15, -0.1) is 0 Å². The lowest BCUT2D eigenvalue weighted by Gasteiger charge is -2.13. The van der Waals surface area contributed by atoms with E-state index in [4.69, 9.17) is 16.6 Å². The van der Waals surface area contributed by atoms with E-state index < -0.39 is 0 Å². The van der Waals surface area contributed by atoms with Crippen molar-refractivity contribution in [3.63, 3.8) is 0 Å². The average Bonchev–Trinajstić information content (AvgIpc) is 2.99. The number of pyridine rings is 1. The quantitative estimate of drug-likeness (QED) is 0.630. The minimum absolute atomic E-state index is 0.795. The lowest BCUT2D eigenvalue weighted by atomic mass is 9.95. The molecule has 118 valence electrons. The molecule has 2 aromatic rings. The summed E-state index contributed by atoms with van der Waals surface area (Å²) in [5.74, 6) is 0. The van der Waals surface area contributed by atoms with Crippen LogP contribution in [0, 0.1) is 13.8 Å². The van der Waals surface area contributed by atoms with Gasteiger partial charge in [-0.1, -0.05) is 30.3 Å². The molecule has 0 aliphatic heterocycles. The van der Waals surface area contributed by atoms with Crippen LogP contribution in [-0.4, -0.2) is 4.98 Å². The lowest BCUT2D eigenvalue weighted by Crippen LogP contribution is -1.97. The summed E-state index contributed by atoms with van der Waals surface area (Å²) < 4.78 is 0. The Bertz CT molecular complexity index is 815. The summed E-state index contributed by atoms with van der Waals surface area (Å²) in [5, 5.41) is 0.795. The molecule has 0 amide bonds. The highest BCUT2D eigenvalue weighted by molar-refractivity contribution is 6.30. The van der Waals surface area contributed by atoms with Gasteiger partial charge in [0.2, 0.25) is 0 Å². The highest BCUT2D eigenvalue weighted by Crippen LogP contribution is 2.41. The number of allylic oxidation sites excluding steroid dienone is 3. The van der Waals surface area contributed by atoms with Gasteiger partial charge in [0.15, 0.2) is 0 Å². The first-order valence-electron chi connectivity index (χ1n) is 8.10. The molecule has 1 nitrogen and oxygen atoms in total. The zero-order chi connectivity index (χ0) is 16.6. The van der Waals surface area contributed by atoms with Crippen LogP contribution < -0.4 is 0 Å². The van der Waals surface area contributed by atoms with Crippen LogP contribution in [0.15, 0.2) is 36.9 Å². The van der Waals surface area contributed by atoms with Crippen molar-refractivity contribution in [1.29, 1.82) is 0 Å². The van der Waals surface area contributed by atoms with Gasteiger partial charge in [-0.05, 0) is 91.6 Å². The third-order valence-corrected chi connectivity index (χ3v) is 4.79. The molecule has 0 spiro atoms. The Morgan fingerprint density at radius 1 is 1.04 bits per heavy atom. The second-order valence-corrected chi connectivity index (χ2v) is 6.85. The minimum Gasteiger partial charge on any atom is -0.248 e. The molecule has 1 aromatic carbocycles. The molecule has 1 aromatic heterocycles. The van der Waals surface area contributed by atoms with Crippen molar-refractivity contribution in [2.75, 3.05) is 0 Å². The number of aromatic nitrogens is 1. The molecule has 23 heavy (non-hydrogen) atoms. The second kappa shape index (κ2) is 6.33. The van der Waals surface area contributed by atoms with Crippen LogP contribution in [0.2, 0.25) is 5.02 Å². The van der Waals surface area contributed by atoms with E-state index in [0.29, 0.717) is 0 Å². The molecular formula is C21H22ClN. The number of aryl methyl sites for hydroxylation is 2. The molecule has 0 bridgehead atoms. The first kappa shape index (κ1) is 16.0. The van der Waals surface area contributed by atoms with Crippen molar-refractivity contribution < 1.29 is 0 Å². The van der Waals surface area contributed by atoms with Crippen LogP contribution in [0.4, 0.5) is 0 Å². The number of nitrogens with zero attached hydrogens (tertiary/aromatic N) is 1. The van der Waals surface area contributed by atoms with E-state index >= 15 is 0 Å². The Morgan fingerprint density at radius 2 is 1.74 bits per heavy atom. The summed E-state index contributed by atoms with van der Waals surface area (Å²) in [6.45, 7) is 10.3. The smallest absolute Gasteiger partial charge is 0.0689 e. The van der Waals surface area contributed by atoms with Crippen LogP contribution in [0.25, 0.3) is 16.7 Å². The first-order chi connectivity index (χ1) is 11.0. The van der Waals surface area contributed by atoms with E-state index in [1.807, 2.05) is 13.0 Å². The summed E-state index contributed by atoms with van der Waals surface area (Å²) in [6, 6.07) is 10.4. The molecule has 0 saturated heterocycles. The zero-order valence-corrected chi connectivity index (χ0v) is 14.8. The normalized spacial score (nSPS) is 14.4. The van der Waals surface area contributed by atoms with E-state index in [1.165, 1.54) is 34.3 Å². The highest BCUT2D eigenvalue weighted by atomic mass is 35.5. The van der Waals surface area contributed by atoms with Crippen LogP contribution in [-0.2, 0) is 0 Å². The van der Waals surface area contributed by atoms with Gasteiger partial charge in [0, 0.05) is 5.02 Å². The van der Waals surface area contributed by atoms with Crippen LogP contribution >= 0.6 is 11.6 Å². The molecule has 0 saturated carbocycles. The van der Waals surface area contributed by atoms with Gasteiger partial charge >= 0.3 is 0 Å². The Labute approximate surface area is 143 Å². The van der Waals surface area contributed by atoms with E-state index in [9.17, 15) is 0 Å². The third kappa shape index (κ3) is 3.11. The molecule has 0 fully saturated rings. The van der Waals surface area contributed by atoms with Gasteiger partial charge in [0.1, 0.15) is 0 Å². The molecule has 1 aliphatic rings. The molecule has 0 unspecified atom stereocenters. The van der Waals surface area contributed by atoms with Gasteiger partial charge < -0.3 is 0 Å². The SMILES string of the molecule is C=C(C)c1nc(C2=C(c3cc(Cl)ccc3C)CCC2)ccc1C. The Hall–Kier alpha value is -1.86. The van der Waals surface area contributed by atoms with E-state index in [1.54, 1.807) is 0 Å². The minimum atomic E-state index is 0.795. The predicted octanol–water partition coefficient (Wildman–Crippen LogP) is 6.48. The van der Waals surface area contributed by atoms with E-state index in [-0.39, 0.29) is 0 Å². The van der Waals surface area contributed by atoms with Crippen molar-refractivity contribution >= 4 is 28.3 Å². The molecule has 1 aliphatic carbocycles. The van der Waals surface area contributed by atoms with Gasteiger partial charge in [0.05, 0.1) is 11.4 Å². The Kier molecular flexibility index (Phi) is 4.41. The zero-order valence-electron chi connectivity index (χ0n) is 14.0. The lowest BCUT2D eigenvalue weighted by molar-refractivity contribution is 0.937. The average molecular weight is 324 g/mol. The van der Waals surface area contributed by atoms with Gasteiger partial charge in [-0.3, -0.25) is 0 Å². The van der Waals surface area contributed by atoms with Crippen LogP contribution in [0.1, 0.15) is 54.3 Å². The van der Waals surface area contributed by atoms with E-state index in [2.05, 4.69) is 44.7 Å². The molecule has 0 N–H and O–H groups in total. The Morgan fingerprint density at radius 3 is 2.48 bits per heavy atom. The highest BCUT2D eigenvalue weighted by Gasteiger charge is 2.20. The number of hydrogen-bond acceptors (Lipinski definition) is 1. The number of benzene rings is 1. The summed E-state index contributed by atoms with van der Waals surface area (Å²) >= 11 is 6.23. The van der Waals surface area contributed by atoms with Gasteiger partial charge in [-0.25, -0.2) is 4.98 Å². The molecule has 3 rings (SSSR count). The summed E-state index contributed by atoms with van der Waals surface area (Å²) in [6.07, 6.45) is 3.34. The standard InChI is InChI=1S/C21H22ClN/c1-13(2)21-15(4)9-11-20(23-21)18-7-5-6-17(18)19-12-16(22)10-8-14(19)3/h8-12H,1,5-7H2,2-4H3. The predicted molar refractivity (Wildman–Crippen MR) is 101 cm³/mol. The third-order valence-electron chi connectivity index (χ3n) is 4.55. The fourth-order valence-electron chi connectivity index (χ4n) is 3.37. The summed E-state index contributed by atoms with van der Waals surface area (Å²) in [5.41, 5.74) is 9.60.